The van der Waals surface area contributed by atoms with Gasteiger partial charge in [-0.2, -0.15) is 0 Å². The van der Waals surface area contributed by atoms with Gasteiger partial charge in [0.15, 0.2) is 0 Å². The maximum atomic E-state index is 12.8. The van der Waals surface area contributed by atoms with Gasteiger partial charge in [0, 0.05) is 40.5 Å². The number of H-pyrrole nitrogens is 1. The van der Waals surface area contributed by atoms with Crippen molar-refractivity contribution in [1.29, 1.82) is 0 Å². The lowest BCUT2D eigenvalue weighted by Gasteiger charge is -2.19. The van der Waals surface area contributed by atoms with Crippen LogP contribution in [-0.4, -0.2) is 42.6 Å². The van der Waals surface area contributed by atoms with Crippen molar-refractivity contribution in [3.05, 3.63) is 81.1 Å². The molecule has 0 fully saturated rings. The number of carbonyl (C=O) groups excluding carboxylic acids is 2. The topological polar surface area (TPSA) is 100 Å². The normalized spacial score (nSPS) is 11.8. The molecule has 0 aliphatic heterocycles. The zero-order valence-electron chi connectivity index (χ0n) is 17.1. The average Bonchev–Trinajstić information content (AvgIpc) is 2.76. The second-order valence-corrected chi connectivity index (χ2v) is 7.40. The van der Waals surface area contributed by atoms with Crippen LogP contribution in [0.3, 0.4) is 0 Å². The zero-order valence-corrected chi connectivity index (χ0v) is 17.9. The molecule has 0 aliphatic carbocycles. The number of pyridine rings is 1. The summed E-state index contributed by atoms with van der Waals surface area (Å²) in [5.74, 6) is -0.996. The number of hydrogen-bond donors (Lipinski definition) is 3. The predicted octanol–water partition coefficient (Wildman–Crippen LogP) is 2.68. The Morgan fingerprint density at radius 2 is 1.87 bits per heavy atom. The summed E-state index contributed by atoms with van der Waals surface area (Å²) >= 11 is 5.89. The van der Waals surface area contributed by atoms with Gasteiger partial charge in [-0.15, -0.1) is 0 Å². The van der Waals surface area contributed by atoms with E-state index in [4.69, 9.17) is 16.3 Å². The van der Waals surface area contributed by atoms with E-state index >= 15 is 0 Å². The fourth-order valence-corrected chi connectivity index (χ4v) is 3.33. The maximum absolute atomic E-state index is 12.8. The van der Waals surface area contributed by atoms with Gasteiger partial charge in [-0.05, 0) is 42.4 Å². The van der Waals surface area contributed by atoms with Gasteiger partial charge in [-0.25, -0.2) is 4.79 Å². The molecule has 0 radical (unpaired) electrons. The fourth-order valence-electron chi connectivity index (χ4n) is 3.20. The summed E-state index contributed by atoms with van der Waals surface area (Å²) < 4.78 is 5.35. The van der Waals surface area contributed by atoms with Crippen LogP contribution in [0.25, 0.3) is 10.9 Å². The molecular weight excluding hydrogens is 418 g/mol. The number of likely N-dealkylation sites (N-methyl/N-ethyl adjacent to an activating group) is 1. The molecule has 8 heteroatoms. The van der Waals surface area contributed by atoms with Crippen LogP contribution >= 0.6 is 11.6 Å². The molecular formula is C23H24ClN3O4. The van der Waals surface area contributed by atoms with Crippen LogP contribution in [0.4, 0.5) is 0 Å². The third-order valence-electron chi connectivity index (χ3n) is 4.73. The molecule has 0 aliphatic rings. The van der Waals surface area contributed by atoms with Crippen molar-refractivity contribution < 1.29 is 14.3 Å². The number of esters is 1. The van der Waals surface area contributed by atoms with Crippen LogP contribution in [0.1, 0.15) is 22.8 Å². The van der Waals surface area contributed by atoms with E-state index < -0.39 is 17.9 Å². The second kappa shape index (κ2) is 10.7. The summed E-state index contributed by atoms with van der Waals surface area (Å²) in [6.45, 7) is 3.40. The summed E-state index contributed by atoms with van der Waals surface area (Å²) in [4.78, 5) is 40.4. The Balaban J connectivity index is 1.85. The number of carbonyl (C=O) groups is 2. The molecule has 1 unspecified atom stereocenters. The third kappa shape index (κ3) is 6.16. The summed E-state index contributed by atoms with van der Waals surface area (Å²) in [6, 6.07) is 14.1. The molecule has 0 spiro atoms. The van der Waals surface area contributed by atoms with Gasteiger partial charge >= 0.3 is 5.97 Å². The number of nitrogens with one attached hydrogen (secondary N) is 3. The highest BCUT2D eigenvalue weighted by Gasteiger charge is 2.24. The lowest BCUT2D eigenvalue weighted by atomic mass is 10.0. The molecule has 31 heavy (non-hydrogen) atoms. The van der Waals surface area contributed by atoms with E-state index in [1.807, 2.05) is 25.1 Å². The molecule has 1 aromatic heterocycles. The molecule has 1 atom stereocenters. The van der Waals surface area contributed by atoms with Gasteiger partial charge in [0.2, 0.25) is 5.56 Å². The molecule has 162 valence electrons. The number of fused-ring (bicyclic) bond motifs is 1. The minimum Gasteiger partial charge on any atom is -0.463 e. The van der Waals surface area contributed by atoms with E-state index in [0.29, 0.717) is 28.2 Å². The van der Waals surface area contributed by atoms with E-state index in [2.05, 4.69) is 15.6 Å². The van der Waals surface area contributed by atoms with Crippen molar-refractivity contribution in [2.45, 2.75) is 19.4 Å². The van der Waals surface area contributed by atoms with Crippen molar-refractivity contribution in [3.8, 4) is 0 Å². The van der Waals surface area contributed by atoms with Crippen molar-refractivity contribution in [2.24, 2.45) is 0 Å². The van der Waals surface area contributed by atoms with Gasteiger partial charge in [-0.3, -0.25) is 9.59 Å². The molecule has 3 aromatic rings. The molecule has 1 heterocycles. The van der Waals surface area contributed by atoms with E-state index in [-0.39, 0.29) is 18.6 Å². The highest BCUT2D eigenvalue weighted by Crippen LogP contribution is 2.17. The number of ether oxygens (including phenoxy) is 1. The van der Waals surface area contributed by atoms with Crippen LogP contribution in [0.5, 0.6) is 0 Å². The Morgan fingerprint density at radius 3 is 2.61 bits per heavy atom. The summed E-state index contributed by atoms with van der Waals surface area (Å²) in [6.07, 6.45) is 0.115. The van der Waals surface area contributed by atoms with Crippen molar-refractivity contribution >= 4 is 34.4 Å². The number of hydrogen-bond acceptors (Lipinski definition) is 5. The van der Waals surface area contributed by atoms with Gasteiger partial charge < -0.3 is 20.4 Å². The highest BCUT2D eigenvalue weighted by atomic mass is 35.5. The largest absolute Gasteiger partial charge is 0.463 e. The number of amides is 1. The van der Waals surface area contributed by atoms with Crippen molar-refractivity contribution in [3.63, 3.8) is 0 Å². The second-order valence-electron chi connectivity index (χ2n) is 6.96. The van der Waals surface area contributed by atoms with E-state index in [9.17, 15) is 14.4 Å². The Hall–Kier alpha value is -3.16. The smallest absolute Gasteiger partial charge is 0.329 e. The van der Waals surface area contributed by atoms with Crippen LogP contribution in [0, 0.1) is 0 Å². The Bertz CT molecular complexity index is 1110. The Labute approximate surface area is 184 Å². The van der Waals surface area contributed by atoms with Crippen LogP contribution in [0.15, 0.2) is 59.4 Å². The van der Waals surface area contributed by atoms with E-state index in [0.717, 1.165) is 11.9 Å². The minimum absolute atomic E-state index is 0.115. The minimum atomic E-state index is -0.963. The molecule has 0 saturated carbocycles. The summed E-state index contributed by atoms with van der Waals surface area (Å²) in [5.41, 5.74) is 1.39. The summed E-state index contributed by atoms with van der Waals surface area (Å²) in [7, 11) is 0. The third-order valence-corrected chi connectivity index (χ3v) is 4.98. The average molecular weight is 442 g/mol. The van der Waals surface area contributed by atoms with E-state index in [1.165, 1.54) is 6.07 Å². The number of para-hydroxylation sites is 1. The number of aromatic amines is 1. The number of halogens is 1. The van der Waals surface area contributed by atoms with Gasteiger partial charge in [0.1, 0.15) is 12.6 Å². The van der Waals surface area contributed by atoms with Gasteiger partial charge in [0.25, 0.3) is 5.91 Å². The number of rotatable bonds is 9. The Kier molecular flexibility index (Phi) is 7.81. The zero-order chi connectivity index (χ0) is 22.2. The summed E-state index contributed by atoms with van der Waals surface area (Å²) in [5, 5.41) is 7.11. The SMILES string of the molecule is CCNCCOC(=O)C(Cc1cc(=O)[nH]c2ccccc12)NC(=O)c1ccc(Cl)cc1. The lowest BCUT2D eigenvalue weighted by Crippen LogP contribution is -2.44. The first-order chi connectivity index (χ1) is 15.0. The monoisotopic (exact) mass is 441 g/mol. The molecule has 2 aromatic carbocycles. The van der Waals surface area contributed by atoms with E-state index in [1.54, 1.807) is 30.3 Å². The van der Waals surface area contributed by atoms with Crippen LogP contribution in [-0.2, 0) is 16.0 Å². The molecule has 0 saturated heterocycles. The number of aromatic nitrogens is 1. The first kappa shape index (κ1) is 22.5. The highest BCUT2D eigenvalue weighted by molar-refractivity contribution is 6.30. The lowest BCUT2D eigenvalue weighted by molar-refractivity contribution is -0.145. The maximum Gasteiger partial charge on any atom is 0.329 e. The first-order valence-corrected chi connectivity index (χ1v) is 10.4. The quantitative estimate of drug-likeness (QED) is 0.350. The standard InChI is InChI=1S/C23H24ClN3O4/c1-2-25-11-12-31-23(30)20(27-22(29)15-7-9-17(24)10-8-15)13-16-14-21(28)26-19-6-4-3-5-18(16)19/h3-10,14,20,25H,2,11-13H2,1H3,(H,26,28)(H,27,29). The fraction of sp³-hybridized carbons (Fsp3) is 0.261. The van der Waals surface area contributed by atoms with Crippen molar-refractivity contribution in [1.82, 2.24) is 15.6 Å². The molecule has 7 nitrogen and oxygen atoms in total. The molecule has 3 rings (SSSR count). The predicted molar refractivity (Wildman–Crippen MR) is 120 cm³/mol. The molecule has 0 bridgehead atoms. The van der Waals surface area contributed by atoms with Gasteiger partial charge in [-0.1, -0.05) is 36.7 Å². The Morgan fingerprint density at radius 1 is 1.13 bits per heavy atom. The molecule has 1 amide bonds. The van der Waals surface area contributed by atoms with Crippen LogP contribution in [0.2, 0.25) is 5.02 Å². The molecule has 3 N–H and O–H groups in total. The van der Waals surface area contributed by atoms with Crippen molar-refractivity contribution in [2.75, 3.05) is 19.7 Å². The first-order valence-electron chi connectivity index (χ1n) is 10.0. The van der Waals surface area contributed by atoms with Crippen LogP contribution < -0.4 is 16.2 Å². The van der Waals surface area contributed by atoms with Gasteiger partial charge in [0.05, 0.1) is 0 Å². The number of benzene rings is 2.